The number of ether oxygens (including phenoxy) is 1. The van der Waals surface area contributed by atoms with Crippen molar-refractivity contribution in [1.29, 1.82) is 0 Å². The monoisotopic (exact) mass is 280 g/mol. The van der Waals surface area contributed by atoms with E-state index >= 15 is 0 Å². The van der Waals surface area contributed by atoms with Gasteiger partial charge >= 0.3 is 5.97 Å². The third-order valence-electron chi connectivity index (χ3n) is 1.95. The van der Waals surface area contributed by atoms with Gasteiger partial charge in [-0.05, 0) is 45.1 Å². The highest BCUT2D eigenvalue weighted by Gasteiger charge is 2.23. The van der Waals surface area contributed by atoms with Gasteiger partial charge in [0.1, 0.15) is 5.75 Å². The third-order valence-corrected chi connectivity index (χ3v) is 2.04. The van der Waals surface area contributed by atoms with E-state index in [2.05, 4.69) is 27.7 Å². The maximum atomic E-state index is 11.7. The fraction of sp³-hybridized carbons (Fsp3) is 0.333. The van der Waals surface area contributed by atoms with Crippen LogP contribution in [0.3, 0.4) is 0 Å². The van der Waals surface area contributed by atoms with Crippen LogP contribution in [0.15, 0.2) is 23.4 Å². The Labute approximate surface area is 117 Å². The lowest BCUT2D eigenvalue weighted by Gasteiger charge is -2.15. The van der Waals surface area contributed by atoms with Crippen LogP contribution in [0.25, 0.3) is 0 Å². The minimum Gasteiger partial charge on any atom is -0.424 e. The Morgan fingerprint density at radius 2 is 2.21 bits per heavy atom. The van der Waals surface area contributed by atoms with Crippen molar-refractivity contribution >= 4 is 29.5 Å². The molecule has 0 aliphatic heterocycles. The van der Waals surface area contributed by atoms with Gasteiger partial charge in [-0.3, -0.25) is 15.2 Å². The molecule has 0 saturated heterocycles. The average Bonchev–Trinajstić information content (AvgIpc) is 2.29. The lowest BCUT2D eigenvalue weighted by molar-refractivity contribution is -0.143. The first-order valence-corrected chi connectivity index (χ1v) is 5.97. The predicted molar refractivity (Wildman–Crippen MR) is 76.8 cm³/mol. The van der Waals surface area contributed by atoms with E-state index in [1.54, 1.807) is 32.9 Å². The Morgan fingerprint density at radius 1 is 1.53 bits per heavy atom. The quantitative estimate of drug-likeness (QED) is 0.374. The molecule has 3 N–H and O–H groups in total. The van der Waals surface area contributed by atoms with Gasteiger partial charge in [0.25, 0.3) is 0 Å². The zero-order chi connectivity index (χ0) is 14.5. The number of nitrogens with zero attached hydrogens (tertiary/aromatic N) is 2. The van der Waals surface area contributed by atoms with E-state index in [9.17, 15) is 4.79 Å². The van der Waals surface area contributed by atoms with Gasteiger partial charge < -0.3 is 10.5 Å². The molecule has 0 aromatic carbocycles. The minimum atomic E-state index is -0.555. The van der Waals surface area contributed by atoms with Crippen molar-refractivity contribution in [3.05, 3.63) is 24.0 Å². The van der Waals surface area contributed by atoms with E-state index in [0.717, 1.165) is 0 Å². The number of hydrazone groups is 1. The smallest absolute Gasteiger partial charge is 0.316 e. The Bertz CT molecular complexity index is 491. The number of thiocarbonyl (C=S) groups is 1. The highest BCUT2D eigenvalue weighted by molar-refractivity contribution is 7.80. The topological polar surface area (TPSA) is 89.6 Å². The first kappa shape index (κ1) is 15.0. The Balaban J connectivity index is 2.64. The van der Waals surface area contributed by atoms with Crippen LogP contribution in [-0.2, 0) is 4.79 Å². The number of nitrogens with one attached hydrogen (secondary N) is 1. The normalized spacial score (nSPS) is 11.3. The number of aromatic nitrogens is 1. The van der Waals surface area contributed by atoms with Gasteiger partial charge in [-0.15, -0.1) is 0 Å². The number of carbonyl (C=O) groups excluding carboxylic acids is 1. The molecule has 6 nitrogen and oxygen atoms in total. The molecular weight excluding hydrogens is 264 g/mol. The van der Waals surface area contributed by atoms with Crippen LogP contribution in [0.5, 0.6) is 5.75 Å². The van der Waals surface area contributed by atoms with E-state index in [-0.39, 0.29) is 11.1 Å². The number of nitrogens with two attached hydrogens (primary N) is 1. The van der Waals surface area contributed by atoms with Gasteiger partial charge in [-0.2, -0.15) is 5.10 Å². The summed E-state index contributed by atoms with van der Waals surface area (Å²) in [5, 5.41) is 3.84. The highest BCUT2D eigenvalue weighted by Crippen LogP contribution is 2.18. The molecule has 1 rings (SSSR count). The summed E-state index contributed by atoms with van der Waals surface area (Å²) in [5.74, 6) is 0.0743. The second-order valence-corrected chi connectivity index (χ2v) is 5.23. The van der Waals surface area contributed by atoms with Crippen LogP contribution >= 0.6 is 12.2 Å². The van der Waals surface area contributed by atoms with Crippen molar-refractivity contribution in [3.63, 3.8) is 0 Å². The van der Waals surface area contributed by atoms with E-state index < -0.39 is 5.41 Å². The fourth-order valence-electron chi connectivity index (χ4n) is 0.951. The molecule has 0 saturated carbocycles. The number of carbonyl (C=O) groups is 1. The largest absolute Gasteiger partial charge is 0.424 e. The highest BCUT2D eigenvalue weighted by atomic mass is 32.1. The zero-order valence-electron chi connectivity index (χ0n) is 11.0. The van der Waals surface area contributed by atoms with Crippen LogP contribution in [0.4, 0.5) is 0 Å². The standard InChI is InChI=1S/C12H16N4O2S/c1-12(2,3)10(17)18-9-5-4-8(14-7-9)6-15-16-11(13)19/h4-7H,1-3H3,(H3,13,16,19)/b15-6+. The summed E-state index contributed by atoms with van der Waals surface area (Å²) >= 11 is 4.59. The molecule has 1 aromatic rings. The maximum absolute atomic E-state index is 11.7. The van der Waals surface area contributed by atoms with Crippen molar-refractivity contribution in [1.82, 2.24) is 10.4 Å². The van der Waals surface area contributed by atoms with Gasteiger partial charge in [0.15, 0.2) is 5.11 Å². The van der Waals surface area contributed by atoms with Gasteiger partial charge in [-0.1, -0.05) is 0 Å². The van der Waals surface area contributed by atoms with E-state index in [0.29, 0.717) is 11.4 Å². The van der Waals surface area contributed by atoms with Crippen LogP contribution in [-0.4, -0.2) is 22.3 Å². The lowest BCUT2D eigenvalue weighted by atomic mass is 9.97. The van der Waals surface area contributed by atoms with Gasteiger partial charge in [-0.25, -0.2) is 0 Å². The molecule has 102 valence electrons. The molecule has 1 aromatic heterocycles. The fourth-order valence-corrected chi connectivity index (χ4v) is 1.00. The van der Waals surface area contributed by atoms with Crippen LogP contribution < -0.4 is 15.9 Å². The molecule has 0 aliphatic carbocycles. The summed E-state index contributed by atoms with van der Waals surface area (Å²) in [7, 11) is 0. The number of hydrogen-bond acceptors (Lipinski definition) is 5. The molecule has 0 spiro atoms. The van der Waals surface area contributed by atoms with E-state index in [1.807, 2.05) is 0 Å². The molecule has 0 amide bonds. The molecule has 0 radical (unpaired) electrons. The van der Waals surface area contributed by atoms with Crippen LogP contribution in [0, 0.1) is 5.41 Å². The van der Waals surface area contributed by atoms with Crippen LogP contribution in [0.1, 0.15) is 26.5 Å². The first-order chi connectivity index (χ1) is 8.79. The Kier molecular flexibility index (Phi) is 4.94. The molecule has 0 atom stereocenters. The van der Waals surface area contributed by atoms with Crippen molar-refractivity contribution < 1.29 is 9.53 Å². The summed E-state index contributed by atoms with van der Waals surface area (Å²) in [5.41, 5.74) is 7.65. The lowest BCUT2D eigenvalue weighted by Crippen LogP contribution is -2.25. The van der Waals surface area contributed by atoms with Crippen molar-refractivity contribution in [2.45, 2.75) is 20.8 Å². The summed E-state index contributed by atoms with van der Waals surface area (Å²) in [6, 6.07) is 3.30. The van der Waals surface area contributed by atoms with Gasteiger partial charge in [0.05, 0.1) is 23.5 Å². The molecule has 7 heteroatoms. The Morgan fingerprint density at radius 3 is 2.68 bits per heavy atom. The molecule has 0 unspecified atom stereocenters. The van der Waals surface area contributed by atoms with E-state index in [4.69, 9.17) is 10.5 Å². The molecule has 0 aliphatic rings. The average molecular weight is 280 g/mol. The molecular formula is C12H16N4O2S. The third kappa shape index (κ3) is 5.43. The summed E-state index contributed by atoms with van der Waals surface area (Å²) < 4.78 is 5.17. The number of pyridine rings is 1. The van der Waals surface area contributed by atoms with Crippen molar-refractivity contribution in [2.24, 2.45) is 16.3 Å². The number of rotatable bonds is 3. The van der Waals surface area contributed by atoms with E-state index in [1.165, 1.54) is 12.4 Å². The number of esters is 1. The van der Waals surface area contributed by atoms with Crippen molar-refractivity contribution in [3.8, 4) is 5.75 Å². The Hall–Kier alpha value is -2.02. The van der Waals surface area contributed by atoms with Gasteiger partial charge in [0, 0.05) is 0 Å². The second kappa shape index (κ2) is 6.24. The summed E-state index contributed by atoms with van der Waals surface area (Å²) in [4.78, 5) is 15.7. The molecule has 1 heterocycles. The SMILES string of the molecule is CC(C)(C)C(=O)Oc1ccc(/C=N/NC(N)=S)nc1. The summed E-state index contributed by atoms with van der Waals surface area (Å²) in [6.07, 6.45) is 2.90. The first-order valence-electron chi connectivity index (χ1n) is 5.56. The zero-order valence-corrected chi connectivity index (χ0v) is 11.8. The van der Waals surface area contributed by atoms with Crippen molar-refractivity contribution in [2.75, 3.05) is 0 Å². The second-order valence-electron chi connectivity index (χ2n) is 4.79. The maximum Gasteiger partial charge on any atom is 0.316 e. The molecule has 0 fully saturated rings. The van der Waals surface area contributed by atoms with Gasteiger partial charge in [0.2, 0.25) is 0 Å². The molecule has 19 heavy (non-hydrogen) atoms. The number of hydrogen-bond donors (Lipinski definition) is 2. The van der Waals surface area contributed by atoms with Crippen LogP contribution in [0.2, 0.25) is 0 Å². The molecule has 0 bridgehead atoms. The minimum absolute atomic E-state index is 0.0759. The summed E-state index contributed by atoms with van der Waals surface area (Å²) in [6.45, 7) is 5.35. The predicted octanol–water partition coefficient (Wildman–Crippen LogP) is 1.20.